The number of amides is 2. The third-order valence-electron chi connectivity index (χ3n) is 5.97. The molecule has 1 N–H and O–H groups in total. The average Bonchev–Trinajstić information content (AvgIpc) is 3.02. The molecule has 2 aliphatic carbocycles. The minimum atomic E-state index is -0.165. The van der Waals surface area contributed by atoms with Gasteiger partial charge in [-0.05, 0) is 25.7 Å². The van der Waals surface area contributed by atoms with Gasteiger partial charge in [-0.25, -0.2) is 4.98 Å². The lowest BCUT2D eigenvalue weighted by molar-refractivity contribution is -0.130. The van der Waals surface area contributed by atoms with Gasteiger partial charge in [-0.2, -0.15) is 0 Å². The van der Waals surface area contributed by atoms with Crippen LogP contribution in [0.1, 0.15) is 44.9 Å². The van der Waals surface area contributed by atoms with E-state index in [4.69, 9.17) is 0 Å². The first-order valence-electron chi connectivity index (χ1n) is 9.18. The third-order valence-corrected chi connectivity index (χ3v) is 5.97. The predicted octanol–water partition coefficient (Wildman–Crippen LogP) is 1.57. The van der Waals surface area contributed by atoms with E-state index in [1.165, 1.54) is 12.8 Å². The summed E-state index contributed by atoms with van der Waals surface area (Å²) < 4.78 is 2.08. The van der Waals surface area contributed by atoms with Gasteiger partial charge in [-0.15, -0.1) is 0 Å². The summed E-state index contributed by atoms with van der Waals surface area (Å²) in [6, 6.07) is 0.381. The van der Waals surface area contributed by atoms with E-state index in [1.807, 2.05) is 17.4 Å². The molecule has 6 nitrogen and oxygen atoms in total. The summed E-state index contributed by atoms with van der Waals surface area (Å²) in [5, 5.41) is 3.12. The van der Waals surface area contributed by atoms with Gasteiger partial charge >= 0.3 is 0 Å². The summed E-state index contributed by atoms with van der Waals surface area (Å²) in [7, 11) is 0. The largest absolute Gasteiger partial charge is 0.355 e. The molecule has 0 spiro atoms. The SMILES string of the molecule is O=C(NCC1(Cn2ccnc2)CC1)C1CC(=O)N(C2CCCC2)C1. The monoisotopic (exact) mass is 330 g/mol. The van der Waals surface area contributed by atoms with Gasteiger partial charge in [0.1, 0.15) is 0 Å². The molecule has 4 rings (SSSR count). The quantitative estimate of drug-likeness (QED) is 0.861. The Kier molecular flexibility index (Phi) is 4.06. The maximum Gasteiger partial charge on any atom is 0.225 e. The Morgan fingerprint density at radius 1 is 1.33 bits per heavy atom. The van der Waals surface area contributed by atoms with Gasteiger partial charge in [0.05, 0.1) is 12.2 Å². The normalized spacial score (nSPS) is 26.1. The lowest BCUT2D eigenvalue weighted by Crippen LogP contribution is -2.39. The first-order valence-corrected chi connectivity index (χ1v) is 9.18. The second-order valence-corrected chi connectivity index (χ2v) is 7.84. The van der Waals surface area contributed by atoms with Crippen molar-refractivity contribution in [3.63, 3.8) is 0 Å². The lowest BCUT2D eigenvalue weighted by Gasteiger charge is -2.24. The molecule has 1 saturated heterocycles. The highest BCUT2D eigenvalue weighted by molar-refractivity contribution is 5.89. The number of likely N-dealkylation sites (tertiary alicyclic amines) is 1. The van der Waals surface area contributed by atoms with Crippen molar-refractivity contribution < 1.29 is 9.59 Å². The van der Waals surface area contributed by atoms with Crippen LogP contribution in [0.15, 0.2) is 18.7 Å². The highest BCUT2D eigenvalue weighted by Gasteiger charge is 2.44. The van der Waals surface area contributed by atoms with Crippen molar-refractivity contribution in [1.29, 1.82) is 0 Å². The molecular weight excluding hydrogens is 304 g/mol. The molecule has 24 heavy (non-hydrogen) atoms. The second kappa shape index (κ2) is 6.22. The molecule has 2 saturated carbocycles. The molecule has 2 heterocycles. The fraction of sp³-hybridized carbons (Fsp3) is 0.722. The van der Waals surface area contributed by atoms with E-state index in [0.29, 0.717) is 25.6 Å². The number of rotatable bonds is 6. The number of nitrogens with one attached hydrogen (secondary N) is 1. The van der Waals surface area contributed by atoms with E-state index >= 15 is 0 Å². The van der Waals surface area contributed by atoms with Gasteiger partial charge in [0.2, 0.25) is 11.8 Å². The van der Waals surface area contributed by atoms with Crippen LogP contribution < -0.4 is 5.32 Å². The Hall–Kier alpha value is -1.85. The molecule has 1 atom stereocenters. The van der Waals surface area contributed by atoms with Crippen LogP contribution in [0.3, 0.4) is 0 Å². The smallest absolute Gasteiger partial charge is 0.225 e. The van der Waals surface area contributed by atoms with Crippen LogP contribution in [0.25, 0.3) is 0 Å². The molecule has 0 radical (unpaired) electrons. The van der Waals surface area contributed by atoms with Crippen LogP contribution in [-0.4, -0.2) is 45.4 Å². The zero-order chi connectivity index (χ0) is 16.6. The van der Waals surface area contributed by atoms with Crippen molar-refractivity contribution in [3.05, 3.63) is 18.7 Å². The fourth-order valence-electron chi connectivity index (χ4n) is 4.23. The van der Waals surface area contributed by atoms with Crippen LogP contribution in [0.2, 0.25) is 0 Å². The first-order chi connectivity index (χ1) is 11.7. The summed E-state index contributed by atoms with van der Waals surface area (Å²) in [4.78, 5) is 30.8. The first kappa shape index (κ1) is 15.7. The summed E-state index contributed by atoms with van der Waals surface area (Å²) in [6.45, 7) is 2.23. The number of imidazole rings is 1. The van der Waals surface area contributed by atoms with Crippen molar-refractivity contribution >= 4 is 11.8 Å². The van der Waals surface area contributed by atoms with Crippen molar-refractivity contribution in [3.8, 4) is 0 Å². The van der Waals surface area contributed by atoms with Crippen molar-refractivity contribution in [2.45, 2.75) is 57.5 Å². The average molecular weight is 330 g/mol. The van der Waals surface area contributed by atoms with E-state index in [-0.39, 0.29) is 23.1 Å². The molecule has 3 aliphatic rings. The molecule has 0 bridgehead atoms. The van der Waals surface area contributed by atoms with Crippen LogP contribution in [-0.2, 0) is 16.1 Å². The Balaban J connectivity index is 1.28. The maximum absolute atomic E-state index is 12.5. The highest BCUT2D eigenvalue weighted by Crippen LogP contribution is 2.46. The Bertz CT molecular complexity index is 603. The third kappa shape index (κ3) is 3.19. The number of carbonyl (C=O) groups excluding carboxylic acids is 2. The predicted molar refractivity (Wildman–Crippen MR) is 89.0 cm³/mol. The molecule has 3 fully saturated rings. The Morgan fingerprint density at radius 3 is 2.79 bits per heavy atom. The van der Waals surface area contributed by atoms with Gasteiger partial charge < -0.3 is 14.8 Å². The van der Waals surface area contributed by atoms with Crippen molar-refractivity contribution in [1.82, 2.24) is 19.8 Å². The van der Waals surface area contributed by atoms with Crippen LogP contribution in [0.4, 0.5) is 0 Å². The van der Waals surface area contributed by atoms with Gasteiger partial charge in [0, 0.05) is 49.9 Å². The van der Waals surface area contributed by atoms with Gasteiger partial charge in [0.25, 0.3) is 0 Å². The van der Waals surface area contributed by atoms with Crippen molar-refractivity contribution in [2.24, 2.45) is 11.3 Å². The number of carbonyl (C=O) groups is 2. The number of hydrogen-bond donors (Lipinski definition) is 1. The van der Waals surface area contributed by atoms with Gasteiger partial charge in [0.15, 0.2) is 0 Å². The molecule has 1 unspecified atom stereocenters. The summed E-state index contributed by atoms with van der Waals surface area (Å²) >= 11 is 0. The number of nitrogens with zero attached hydrogens (tertiary/aromatic N) is 3. The molecule has 2 amide bonds. The number of aromatic nitrogens is 2. The van der Waals surface area contributed by atoms with Gasteiger partial charge in [-0.1, -0.05) is 12.8 Å². The van der Waals surface area contributed by atoms with Crippen LogP contribution >= 0.6 is 0 Å². The topological polar surface area (TPSA) is 67.2 Å². The molecule has 130 valence electrons. The zero-order valence-corrected chi connectivity index (χ0v) is 14.1. The molecule has 6 heteroatoms. The summed E-state index contributed by atoms with van der Waals surface area (Å²) in [5.74, 6) is 0.0597. The second-order valence-electron chi connectivity index (χ2n) is 7.84. The molecule has 0 aromatic carbocycles. The fourth-order valence-corrected chi connectivity index (χ4v) is 4.23. The molecule has 1 aromatic heterocycles. The standard InChI is InChI=1S/C18H26N4O2/c23-16-9-14(10-22(16)15-3-1-2-4-15)17(24)20-11-18(5-6-18)12-21-8-7-19-13-21/h7-8,13-15H,1-6,9-12H2,(H,20,24). The van der Waals surface area contributed by atoms with Crippen LogP contribution in [0, 0.1) is 11.3 Å². The van der Waals surface area contributed by atoms with Gasteiger partial charge in [-0.3, -0.25) is 9.59 Å². The zero-order valence-electron chi connectivity index (χ0n) is 14.1. The van der Waals surface area contributed by atoms with E-state index in [1.54, 1.807) is 6.20 Å². The maximum atomic E-state index is 12.5. The van der Waals surface area contributed by atoms with Crippen molar-refractivity contribution in [2.75, 3.05) is 13.1 Å². The summed E-state index contributed by atoms with van der Waals surface area (Å²) in [5.41, 5.74) is 0.185. The van der Waals surface area contributed by atoms with Crippen LogP contribution in [0.5, 0.6) is 0 Å². The Morgan fingerprint density at radius 2 is 2.12 bits per heavy atom. The lowest BCUT2D eigenvalue weighted by atomic mass is 10.1. The van der Waals surface area contributed by atoms with E-state index in [0.717, 1.165) is 32.2 Å². The number of hydrogen-bond acceptors (Lipinski definition) is 3. The molecule has 1 aromatic rings. The van der Waals surface area contributed by atoms with E-state index < -0.39 is 0 Å². The minimum Gasteiger partial charge on any atom is -0.355 e. The van der Waals surface area contributed by atoms with E-state index in [9.17, 15) is 9.59 Å². The highest BCUT2D eigenvalue weighted by atomic mass is 16.2. The molecule has 1 aliphatic heterocycles. The minimum absolute atomic E-state index is 0.0563. The molecular formula is C18H26N4O2. The summed E-state index contributed by atoms with van der Waals surface area (Å²) in [6.07, 6.45) is 12.9. The Labute approximate surface area is 142 Å². The van der Waals surface area contributed by atoms with E-state index in [2.05, 4.69) is 14.9 Å².